The number of benzene rings is 2. The van der Waals surface area contributed by atoms with Crippen LogP contribution in [0.4, 0.5) is 18.9 Å². The minimum absolute atomic E-state index is 0.0359. The highest BCUT2D eigenvalue weighted by molar-refractivity contribution is 6.04. The summed E-state index contributed by atoms with van der Waals surface area (Å²) in [4.78, 5) is 23.7. The summed E-state index contributed by atoms with van der Waals surface area (Å²) < 4.78 is 36.2. The third-order valence-corrected chi connectivity index (χ3v) is 3.11. The number of rotatable bonds is 4. The Balaban J connectivity index is 2.01. The Morgan fingerprint density at radius 2 is 1.68 bits per heavy atom. The van der Waals surface area contributed by atoms with Gasteiger partial charge in [0, 0.05) is 16.8 Å². The first kappa shape index (κ1) is 18.0. The van der Waals surface area contributed by atoms with Crippen molar-refractivity contribution in [3.63, 3.8) is 0 Å². The fraction of sp³-hybridized carbons (Fsp3) is 0.118. The second-order valence-corrected chi connectivity index (χ2v) is 5.02. The van der Waals surface area contributed by atoms with Gasteiger partial charge in [0.1, 0.15) is 6.54 Å². The molecule has 2 aromatic rings. The highest BCUT2D eigenvalue weighted by Gasteiger charge is 2.27. The summed E-state index contributed by atoms with van der Waals surface area (Å²) in [6, 6.07) is 13.4. The van der Waals surface area contributed by atoms with Crippen LogP contribution in [-0.2, 0) is 0 Å². The lowest BCUT2D eigenvalue weighted by Crippen LogP contribution is -2.33. The van der Waals surface area contributed by atoms with Crippen LogP contribution in [0.25, 0.3) is 0 Å². The van der Waals surface area contributed by atoms with Gasteiger partial charge in [0.25, 0.3) is 11.8 Å². The van der Waals surface area contributed by atoms with Gasteiger partial charge in [-0.25, -0.2) is 0 Å². The van der Waals surface area contributed by atoms with Crippen molar-refractivity contribution < 1.29 is 22.8 Å². The van der Waals surface area contributed by atoms with Gasteiger partial charge in [-0.15, -0.1) is 0 Å². The molecular formula is C17H12F3N3O2. The molecule has 0 aliphatic rings. The molecule has 2 amide bonds. The molecule has 5 nitrogen and oxygen atoms in total. The third kappa shape index (κ3) is 5.35. The van der Waals surface area contributed by atoms with Gasteiger partial charge < -0.3 is 10.6 Å². The third-order valence-electron chi connectivity index (χ3n) is 3.11. The van der Waals surface area contributed by atoms with E-state index in [2.05, 4.69) is 5.32 Å². The molecule has 0 fully saturated rings. The minimum Gasteiger partial charge on any atom is -0.343 e. The smallest absolute Gasteiger partial charge is 0.343 e. The summed E-state index contributed by atoms with van der Waals surface area (Å²) in [5.41, 5.74) is 1.02. The Morgan fingerprint density at radius 3 is 2.28 bits per heavy atom. The first-order valence-corrected chi connectivity index (χ1v) is 7.05. The zero-order valence-corrected chi connectivity index (χ0v) is 12.7. The van der Waals surface area contributed by atoms with Crippen LogP contribution >= 0.6 is 0 Å². The number of alkyl halides is 3. The van der Waals surface area contributed by atoms with Crippen LogP contribution in [0.5, 0.6) is 0 Å². The Hall–Kier alpha value is -3.34. The van der Waals surface area contributed by atoms with Gasteiger partial charge in [-0.3, -0.25) is 9.59 Å². The SMILES string of the molecule is N#Cc1cccc(C(=O)Nc2ccc(C(=O)NCC(F)(F)F)cc2)c1. The van der Waals surface area contributed by atoms with Crippen LogP contribution in [0.3, 0.4) is 0 Å². The molecule has 0 atom stereocenters. The van der Waals surface area contributed by atoms with E-state index in [0.29, 0.717) is 11.3 Å². The largest absolute Gasteiger partial charge is 0.405 e. The fourth-order valence-corrected chi connectivity index (χ4v) is 1.92. The molecule has 2 rings (SSSR count). The molecule has 2 aromatic carbocycles. The average molecular weight is 347 g/mol. The number of hydrogen-bond donors (Lipinski definition) is 2. The monoisotopic (exact) mass is 347 g/mol. The summed E-state index contributed by atoms with van der Waals surface area (Å²) in [5.74, 6) is -1.32. The van der Waals surface area contributed by atoms with E-state index in [1.807, 2.05) is 6.07 Å². The van der Waals surface area contributed by atoms with Gasteiger partial charge in [-0.05, 0) is 42.5 Å². The zero-order valence-electron chi connectivity index (χ0n) is 12.7. The number of halogens is 3. The number of anilines is 1. The van der Waals surface area contributed by atoms with Gasteiger partial charge >= 0.3 is 6.18 Å². The zero-order chi connectivity index (χ0) is 18.4. The molecule has 2 N–H and O–H groups in total. The van der Waals surface area contributed by atoms with Crippen molar-refractivity contribution in [1.82, 2.24) is 5.32 Å². The highest BCUT2D eigenvalue weighted by atomic mass is 19.4. The van der Waals surface area contributed by atoms with Crippen molar-refractivity contribution in [2.75, 3.05) is 11.9 Å². The van der Waals surface area contributed by atoms with E-state index in [4.69, 9.17) is 5.26 Å². The van der Waals surface area contributed by atoms with E-state index in [-0.39, 0.29) is 11.1 Å². The average Bonchev–Trinajstić information content (AvgIpc) is 2.59. The van der Waals surface area contributed by atoms with Crippen LogP contribution < -0.4 is 10.6 Å². The van der Waals surface area contributed by atoms with E-state index in [1.165, 1.54) is 36.4 Å². The molecule has 0 spiro atoms. The Labute approximate surface area is 141 Å². The van der Waals surface area contributed by atoms with Crippen molar-refractivity contribution in [3.05, 3.63) is 65.2 Å². The molecule has 0 radical (unpaired) electrons. The van der Waals surface area contributed by atoms with E-state index in [1.54, 1.807) is 17.4 Å². The van der Waals surface area contributed by atoms with Crippen LogP contribution in [0.2, 0.25) is 0 Å². The van der Waals surface area contributed by atoms with E-state index in [0.717, 1.165) is 0 Å². The van der Waals surface area contributed by atoms with E-state index in [9.17, 15) is 22.8 Å². The Bertz CT molecular complexity index is 824. The fourth-order valence-electron chi connectivity index (χ4n) is 1.92. The summed E-state index contributed by atoms with van der Waals surface area (Å²) in [7, 11) is 0. The molecular weight excluding hydrogens is 335 g/mol. The number of nitriles is 1. The molecule has 0 bridgehead atoms. The lowest BCUT2D eigenvalue weighted by atomic mass is 10.1. The number of carbonyl (C=O) groups is 2. The lowest BCUT2D eigenvalue weighted by molar-refractivity contribution is -0.123. The lowest BCUT2D eigenvalue weighted by Gasteiger charge is -2.09. The summed E-state index contributed by atoms with van der Waals surface area (Å²) in [5, 5.41) is 13.1. The summed E-state index contributed by atoms with van der Waals surface area (Å²) in [6.07, 6.45) is -4.48. The highest BCUT2D eigenvalue weighted by Crippen LogP contribution is 2.14. The van der Waals surface area contributed by atoms with Gasteiger partial charge in [0.05, 0.1) is 11.6 Å². The number of amides is 2. The Morgan fingerprint density at radius 1 is 1.00 bits per heavy atom. The van der Waals surface area contributed by atoms with Crippen LogP contribution in [0.1, 0.15) is 26.3 Å². The van der Waals surface area contributed by atoms with Gasteiger partial charge in [-0.1, -0.05) is 6.07 Å². The van der Waals surface area contributed by atoms with Crippen molar-refractivity contribution in [3.8, 4) is 6.07 Å². The maximum atomic E-state index is 12.1. The molecule has 0 aliphatic heterocycles. The first-order chi connectivity index (χ1) is 11.8. The molecule has 0 heterocycles. The standard InChI is InChI=1S/C17H12F3N3O2/c18-17(19,20)10-22-15(24)12-4-6-14(7-5-12)23-16(25)13-3-1-2-11(8-13)9-21/h1-8H,10H2,(H,22,24)(H,23,25). The second kappa shape index (κ2) is 7.49. The van der Waals surface area contributed by atoms with Crippen molar-refractivity contribution in [1.29, 1.82) is 5.26 Å². The van der Waals surface area contributed by atoms with Crippen molar-refractivity contribution in [2.45, 2.75) is 6.18 Å². The van der Waals surface area contributed by atoms with Gasteiger partial charge in [0.2, 0.25) is 0 Å². The van der Waals surface area contributed by atoms with E-state index >= 15 is 0 Å². The van der Waals surface area contributed by atoms with Gasteiger partial charge in [0.15, 0.2) is 0 Å². The summed E-state index contributed by atoms with van der Waals surface area (Å²) >= 11 is 0. The van der Waals surface area contributed by atoms with Gasteiger partial charge in [-0.2, -0.15) is 18.4 Å². The van der Waals surface area contributed by atoms with Crippen LogP contribution in [-0.4, -0.2) is 24.5 Å². The molecule has 0 saturated carbocycles. The Kier molecular flexibility index (Phi) is 5.39. The first-order valence-electron chi connectivity index (χ1n) is 7.05. The van der Waals surface area contributed by atoms with E-state index < -0.39 is 24.5 Å². The maximum Gasteiger partial charge on any atom is 0.405 e. The topological polar surface area (TPSA) is 82.0 Å². The molecule has 8 heteroatoms. The number of nitrogens with one attached hydrogen (secondary N) is 2. The quantitative estimate of drug-likeness (QED) is 0.892. The minimum atomic E-state index is -4.48. The van der Waals surface area contributed by atoms with Crippen molar-refractivity contribution in [2.24, 2.45) is 0 Å². The van der Waals surface area contributed by atoms with Crippen LogP contribution in [0, 0.1) is 11.3 Å². The molecule has 128 valence electrons. The molecule has 0 saturated heterocycles. The maximum absolute atomic E-state index is 12.1. The molecule has 0 aromatic heterocycles. The number of hydrogen-bond acceptors (Lipinski definition) is 3. The summed E-state index contributed by atoms with van der Waals surface area (Å²) in [6.45, 7) is -1.42. The normalized spacial score (nSPS) is 10.6. The molecule has 0 aliphatic carbocycles. The number of nitrogens with zero attached hydrogens (tertiary/aromatic N) is 1. The predicted molar refractivity (Wildman–Crippen MR) is 83.9 cm³/mol. The second-order valence-electron chi connectivity index (χ2n) is 5.02. The molecule has 25 heavy (non-hydrogen) atoms. The van der Waals surface area contributed by atoms with Crippen molar-refractivity contribution >= 4 is 17.5 Å². The number of carbonyl (C=O) groups excluding carboxylic acids is 2. The van der Waals surface area contributed by atoms with Crippen LogP contribution in [0.15, 0.2) is 48.5 Å². The molecule has 0 unspecified atom stereocenters. The predicted octanol–water partition coefficient (Wildman–Crippen LogP) is 3.10.